The molecule has 0 amide bonds. The van der Waals surface area contributed by atoms with Crippen molar-refractivity contribution in [2.24, 2.45) is 5.73 Å². The Labute approximate surface area is 126 Å². The minimum atomic E-state index is 0.140. The highest BCUT2D eigenvalue weighted by Crippen LogP contribution is 2.32. The van der Waals surface area contributed by atoms with Gasteiger partial charge in [0.25, 0.3) is 0 Å². The lowest BCUT2D eigenvalue weighted by molar-refractivity contribution is 0.231. The molecule has 4 heteroatoms. The molecular formula is C16H24ClN3. The molecule has 0 spiro atoms. The van der Waals surface area contributed by atoms with Gasteiger partial charge in [-0.1, -0.05) is 17.7 Å². The van der Waals surface area contributed by atoms with Gasteiger partial charge in [-0.2, -0.15) is 0 Å². The molecule has 2 aliphatic heterocycles. The van der Waals surface area contributed by atoms with Crippen LogP contribution in [0.3, 0.4) is 0 Å². The van der Waals surface area contributed by atoms with E-state index in [0.717, 1.165) is 30.6 Å². The van der Waals surface area contributed by atoms with E-state index in [9.17, 15) is 0 Å². The molecule has 2 N–H and O–H groups in total. The lowest BCUT2D eigenvalue weighted by atomic mass is 10.0. The number of nitrogens with zero attached hydrogens (tertiary/aromatic N) is 2. The first-order chi connectivity index (χ1) is 9.65. The minimum absolute atomic E-state index is 0.140. The molecule has 0 radical (unpaired) electrons. The van der Waals surface area contributed by atoms with Crippen molar-refractivity contribution in [2.75, 3.05) is 31.1 Å². The van der Waals surface area contributed by atoms with Gasteiger partial charge in [0.15, 0.2) is 0 Å². The molecular weight excluding hydrogens is 270 g/mol. The fraction of sp³-hybridized carbons (Fsp3) is 0.625. The Balaban J connectivity index is 1.84. The van der Waals surface area contributed by atoms with E-state index in [-0.39, 0.29) is 6.04 Å². The zero-order chi connectivity index (χ0) is 14.1. The van der Waals surface area contributed by atoms with Crippen LogP contribution in [0, 0.1) is 0 Å². The number of benzene rings is 1. The maximum absolute atomic E-state index is 6.41. The molecule has 20 heavy (non-hydrogen) atoms. The predicted molar refractivity (Wildman–Crippen MR) is 85.6 cm³/mol. The Morgan fingerprint density at radius 1 is 1.35 bits per heavy atom. The van der Waals surface area contributed by atoms with Crippen molar-refractivity contribution >= 4 is 17.3 Å². The number of hydrogen-bond donors (Lipinski definition) is 1. The molecule has 3 rings (SSSR count). The van der Waals surface area contributed by atoms with Crippen LogP contribution in [-0.2, 0) is 6.42 Å². The summed E-state index contributed by atoms with van der Waals surface area (Å²) in [6.07, 6.45) is 3.53. The van der Waals surface area contributed by atoms with Gasteiger partial charge >= 0.3 is 0 Å². The van der Waals surface area contributed by atoms with Crippen LogP contribution in [0.25, 0.3) is 0 Å². The highest BCUT2D eigenvalue weighted by atomic mass is 35.5. The summed E-state index contributed by atoms with van der Waals surface area (Å²) in [6.45, 7) is 6.73. The van der Waals surface area contributed by atoms with Gasteiger partial charge in [-0.15, -0.1) is 0 Å². The van der Waals surface area contributed by atoms with E-state index in [2.05, 4.69) is 21.9 Å². The maximum Gasteiger partial charge on any atom is 0.0459 e. The Hall–Kier alpha value is -0.770. The number of nitrogens with two attached hydrogens (primary N) is 1. The summed E-state index contributed by atoms with van der Waals surface area (Å²) in [5.41, 5.74) is 8.50. The Kier molecular flexibility index (Phi) is 4.20. The molecule has 3 nitrogen and oxygen atoms in total. The van der Waals surface area contributed by atoms with Crippen molar-refractivity contribution < 1.29 is 0 Å². The van der Waals surface area contributed by atoms with E-state index in [0.29, 0.717) is 0 Å². The molecule has 1 aromatic carbocycles. The molecule has 1 aromatic rings. The van der Waals surface area contributed by atoms with Gasteiger partial charge in [-0.25, -0.2) is 0 Å². The van der Waals surface area contributed by atoms with Crippen LogP contribution >= 0.6 is 11.6 Å². The summed E-state index contributed by atoms with van der Waals surface area (Å²) in [7, 11) is 0. The number of fused-ring (bicyclic) bond motifs is 1. The number of halogens is 1. The van der Waals surface area contributed by atoms with Gasteiger partial charge in [-0.05, 0) is 50.4 Å². The van der Waals surface area contributed by atoms with Gasteiger partial charge in [0, 0.05) is 42.4 Å². The largest absolute Gasteiger partial charge is 0.368 e. The quantitative estimate of drug-likeness (QED) is 0.929. The second kappa shape index (κ2) is 5.92. The van der Waals surface area contributed by atoms with Gasteiger partial charge in [0.05, 0.1) is 0 Å². The summed E-state index contributed by atoms with van der Waals surface area (Å²) >= 11 is 6.41. The van der Waals surface area contributed by atoms with Crippen LogP contribution in [0.2, 0.25) is 5.02 Å². The molecule has 2 atom stereocenters. The van der Waals surface area contributed by atoms with Crippen LogP contribution in [0.4, 0.5) is 5.69 Å². The van der Waals surface area contributed by atoms with Crippen molar-refractivity contribution in [2.45, 2.75) is 38.3 Å². The first kappa shape index (κ1) is 14.2. The van der Waals surface area contributed by atoms with Crippen molar-refractivity contribution in [3.05, 3.63) is 28.8 Å². The average molecular weight is 294 g/mol. The second-order valence-electron chi connectivity index (χ2n) is 6.20. The zero-order valence-corrected chi connectivity index (χ0v) is 12.9. The lowest BCUT2D eigenvalue weighted by Crippen LogP contribution is -2.50. The van der Waals surface area contributed by atoms with E-state index >= 15 is 0 Å². The smallest absolute Gasteiger partial charge is 0.0459 e. The van der Waals surface area contributed by atoms with Crippen molar-refractivity contribution in [1.29, 1.82) is 0 Å². The van der Waals surface area contributed by atoms with E-state index in [1.165, 1.54) is 37.2 Å². The van der Waals surface area contributed by atoms with Crippen molar-refractivity contribution in [1.82, 2.24) is 4.90 Å². The van der Waals surface area contributed by atoms with Gasteiger partial charge in [-0.3, -0.25) is 4.90 Å². The van der Waals surface area contributed by atoms with E-state index < -0.39 is 0 Å². The van der Waals surface area contributed by atoms with Crippen LogP contribution in [0.1, 0.15) is 25.3 Å². The van der Waals surface area contributed by atoms with Gasteiger partial charge in [0.2, 0.25) is 0 Å². The summed E-state index contributed by atoms with van der Waals surface area (Å²) in [6, 6.07) is 7.11. The third-order valence-corrected chi connectivity index (χ3v) is 4.90. The monoisotopic (exact) mass is 293 g/mol. The topological polar surface area (TPSA) is 32.5 Å². The predicted octanol–water partition coefficient (Wildman–Crippen LogP) is 2.51. The zero-order valence-electron chi connectivity index (χ0n) is 12.2. The summed E-state index contributed by atoms with van der Waals surface area (Å²) in [5, 5.41) is 0.855. The lowest BCUT2D eigenvalue weighted by Gasteiger charge is -2.39. The molecule has 2 heterocycles. The highest BCUT2D eigenvalue weighted by molar-refractivity contribution is 6.31. The second-order valence-corrected chi connectivity index (χ2v) is 6.60. The third-order valence-electron chi connectivity index (χ3n) is 4.55. The number of rotatable bonds is 3. The summed E-state index contributed by atoms with van der Waals surface area (Å²) < 4.78 is 0. The van der Waals surface area contributed by atoms with E-state index in [4.69, 9.17) is 17.3 Å². The summed E-state index contributed by atoms with van der Waals surface area (Å²) in [4.78, 5) is 5.14. The van der Waals surface area contributed by atoms with Gasteiger partial charge < -0.3 is 10.6 Å². The first-order valence-electron chi connectivity index (χ1n) is 7.67. The van der Waals surface area contributed by atoms with Crippen LogP contribution < -0.4 is 10.6 Å². The molecule has 2 fully saturated rings. The molecule has 2 unspecified atom stereocenters. The standard InChI is InChI=1S/C16H24ClN3/c1-12(18)10-14-15(17)5-2-6-16(14)20-9-8-19-7-3-4-13(19)11-20/h2,5-6,12-13H,3-4,7-11,18H2,1H3. The summed E-state index contributed by atoms with van der Waals surface area (Å²) in [5.74, 6) is 0. The molecule has 0 aliphatic carbocycles. The van der Waals surface area contributed by atoms with Crippen molar-refractivity contribution in [3.63, 3.8) is 0 Å². The Morgan fingerprint density at radius 2 is 2.20 bits per heavy atom. The maximum atomic E-state index is 6.41. The average Bonchev–Trinajstić information content (AvgIpc) is 2.88. The van der Waals surface area contributed by atoms with Crippen molar-refractivity contribution in [3.8, 4) is 0 Å². The molecule has 0 bridgehead atoms. The minimum Gasteiger partial charge on any atom is -0.368 e. The van der Waals surface area contributed by atoms with Crippen LogP contribution in [0.15, 0.2) is 18.2 Å². The molecule has 2 aliphatic rings. The fourth-order valence-electron chi connectivity index (χ4n) is 3.58. The van der Waals surface area contributed by atoms with Crippen LogP contribution in [0.5, 0.6) is 0 Å². The Morgan fingerprint density at radius 3 is 3.00 bits per heavy atom. The fourth-order valence-corrected chi connectivity index (χ4v) is 3.82. The highest BCUT2D eigenvalue weighted by Gasteiger charge is 2.31. The molecule has 2 saturated heterocycles. The molecule has 0 saturated carbocycles. The Bertz CT molecular complexity index is 475. The first-order valence-corrected chi connectivity index (χ1v) is 8.05. The van der Waals surface area contributed by atoms with Crippen LogP contribution in [-0.4, -0.2) is 43.2 Å². The third kappa shape index (κ3) is 2.80. The molecule has 110 valence electrons. The van der Waals surface area contributed by atoms with E-state index in [1.54, 1.807) is 0 Å². The van der Waals surface area contributed by atoms with Gasteiger partial charge in [0.1, 0.15) is 0 Å². The normalized spacial score (nSPS) is 24.8. The number of hydrogen-bond acceptors (Lipinski definition) is 3. The van der Waals surface area contributed by atoms with E-state index in [1.807, 2.05) is 13.0 Å². The molecule has 0 aromatic heterocycles. The number of anilines is 1. The number of piperazine rings is 1. The SMILES string of the molecule is CC(N)Cc1c(Cl)cccc1N1CCN2CCCC2C1.